The minimum Gasteiger partial charge on any atom is -0.496 e. The van der Waals surface area contributed by atoms with E-state index in [1.807, 2.05) is 18.2 Å². The van der Waals surface area contributed by atoms with Crippen LogP contribution in [0.25, 0.3) is 0 Å². The fourth-order valence-electron chi connectivity index (χ4n) is 4.35. The summed E-state index contributed by atoms with van der Waals surface area (Å²) in [6, 6.07) is 22.4. The zero-order valence-corrected chi connectivity index (χ0v) is 16.4. The number of hydrogen-bond acceptors (Lipinski definition) is 5. The van der Waals surface area contributed by atoms with Gasteiger partial charge >= 0.3 is 0 Å². The molecule has 1 saturated heterocycles. The van der Waals surface area contributed by atoms with E-state index < -0.39 is 26.8 Å². The molecule has 5 rings (SSSR count). The van der Waals surface area contributed by atoms with Gasteiger partial charge in [0.1, 0.15) is 17.1 Å². The van der Waals surface area contributed by atoms with Crippen LogP contribution in [0, 0.1) is 0 Å². The van der Waals surface area contributed by atoms with E-state index in [1.54, 1.807) is 54.6 Å². The summed E-state index contributed by atoms with van der Waals surface area (Å²) >= 11 is 0. The highest BCUT2D eigenvalue weighted by Crippen LogP contribution is 2.64. The van der Waals surface area contributed by atoms with Crippen LogP contribution >= 0.6 is 0 Å². The molecule has 1 spiro atoms. The van der Waals surface area contributed by atoms with Gasteiger partial charge in [-0.2, -0.15) is 0 Å². The summed E-state index contributed by atoms with van der Waals surface area (Å²) in [4.78, 5) is 13.7. The number of sulfone groups is 1. The van der Waals surface area contributed by atoms with E-state index in [0.717, 1.165) is 0 Å². The lowest BCUT2D eigenvalue weighted by Crippen LogP contribution is -2.42. The number of benzene rings is 3. The number of rotatable bonds is 3. The Hall–Kier alpha value is -2.96. The first-order chi connectivity index (χ1) is 14.0. The first-order valence-corrected chi connectivity index (χ1v) is 10.8. The van der Waals surface area contributed by atoms with Gasteiger partial charge in [0, 0.05) is 11.1 Å². The van der Waals surface area contributed by atoms with Gasteiger partial charge in [-0.05, 0) is 23.8 Å². The molecule has 0 radical (unpaired) electrons. The fraction of sp³-hybridized carbons (Fsp3) is 0.174. The second-order valence-electron chi connectivity index (χ2n) is 7.19. The second kappa shape index (κ2) is 6.27. The van der Waals surface area contributed by atoms with Crippen molar-refractivity contribution < 1.29 is 22.7 Å². The molecule has 1 fully saturated rings. The summed E-state index contributed by atoms with van der Waals surface area (Å²) in [5, 5.41) is -1.13. The van der Waals surface area contributed by atoms with Crippen molar-refractivity contribution in [2.75, 3.05) is 7.11 Å². The van der Waals surface area contributed by atoms with Gasteiger partial charge in [-0.25, -0.2) is 8.42 Å². The highest BCUT2D eigenvalue weighted by molar-refractivity contribution is 7.92. The highest BCUT2D eigenvalue weighted by atomic mass is 32.2. The highest BCUT2D eigenvalue weighted by Gasteiger charge is 2.74. The molecule has 2 aliphatic heterocycles. The standard InChI is InChI=1S/C23H18O5S/c1-27-18-13-7-5-11-16(18)21-23(28-21)20(24)17-12-6-8-14-19(17)29(25,26)22(23)15-9-3-2-4-10-15/h2-14,21-22H,1H3. The summed E-state index contributed by atoms with van der Waals surface area (Å²) < 4.78 is 38.8. The smallest absolute Gasteiger partial charge is 0.200 e. The third-order valence-electron chi connectivity index (χ3n) is 5.66. The lowest BCUT2D eigenvalue weighted by molar-refractivity contribution is 0.0856. The van der Waals surface area contributed by atoms with Gasteiger partial charge in [-0.3, -0.25) is 4.79 Å². The monoisotopic (exact) mass is 406 g/mol. The molecular formula is C23H18O5S. The fourth-order valence-corrected chi connectivity index (χ4v) is 6.61. The molecule has 3 atom stereocenters. The number of para-hydroxylation sites is 1. The number of carbonyl (C=O) groups excluding carboxylic acids is 1. The van der Waals surface area contributed by atoms with Gasteiger partial charge in [0.25, 0.3) is 0 Å². The van der Waals surface area contributed by atoms with E-state index in [0.29, 0.717) is 16.9 Å². The van der Waals surface area contributed by atoms with Crippen LogP contribution < -0.4 is 4.74 Å². The SMILES string of the molecule is COc1ccccc1C1OC12C(=O)c1ccccc1S(=O)(=O)C2c1ccccc1. The maximum Gasteiger partial charge on any atom is 0.200 e. The van der Waals surface area contributed by atoms with E-state index in [-0.39, 0.29) is 16.2 Å². The van der Waals surface area contributed by atoms with E-state index >= 15 is 0 Å². The summed E-state index contributed by atoms with van der Waals surface area (Å²) in [7, 11) is -2.32. The van der Waals surface area contributed by atoms with Crippen LogP contribution in [-0.4, -0.2) is 26.9 Å². The maximum absolute atomic E-state index is 13.7. The van der Waals surface area contributed by atoms with Gasteiger partial charge in [-0.15, -0.1) is 0 Å². The lowest BCUT2D eigenvalue weighted by atomic mass is 9.84. The van der Waals surface area contributed by atoms with Crippen molar-refractivity contribution in [1.82, 2.24) is 0 Å². The zero-order valence-electron chi connectivity index (χ0n) is 15.6. The van der Waals surface area contributed by atoms with Crippen LogP contribution in [0.15, 0.2) is 83.8 Å². The van der Waals surface area contributed by atoms with E-state index in [2.05, 4.69) is 0 Å². The third-order valence-corrected chi connectivity index (χ3v) is 7.87. The zero-order chi connectivity index (χ0) is 20.2. The molecule has 0 N–H and O–H groups in total. The Morgan fingerprint density at radius 2 is 1.55 bits per heavy atom. The Labute approximate surface area is 168 Å². The van der Waals surface area contributed by atoms with Crippen LogP contribution in [0.5, 0.6) is 5.75 Å². The molecule has 0 saturated carbocycles. The maximum atomic E-state index is 13.7. The molecule has 0 aromatic heterocycles. The quantitative estimate of drug-likeness (QED) is 0.617. The van der Waals surface area contributed by atoms with Crippen molar-refractivity contribution in [3.05, 3.63) is 95.6 Å². The lowest BCUT2D eigenvalue weighted by Gasteiger charge is -2.30. The number of carbonyl (C=O) groups is 1. The van der Waals surface area contributed by atoms with Crippen LogP contribution in [0.1, 0.15) is 32.8 Å². The van der Waals surface area contributed by atoms with Crippen molar-refractivity contribution >= 4 is 15.6 Å². The number of Topliss-reactive ketones (excluding diaryl/α,β-unsaturated/α-hetero) is 1. The Morgan fingerprint density at radius 1 is 0.897 bits per heavy atom. The van der Waals surface area contributed by atoms with Crippen molar-refractivity contribution in [1.29, 1.82) is 0 Å². The van der Waals surface area contributed by atoms with Crippen molar-refractivity contribution in [3.63, 3.8) is 0 Å². The molecule has 2 heterocycles. The van der Waals surface area contributed by atoms with Crippen molar-refractivity contribution in [2.45, 2.75) is 21.9 Å². The molecule has 2 aliphatic rings. The van der Waals surface area contributed by atoms with Crippen LogP contribution in [0.2, 0.25) is 0 Å². The van der Waals surface area contributed by atoms with Crippen molar-refractivity contribution in [2.24, 2.45) is 0 Å². The molecule has 3 unspecified atom stereocenters. The predicted molar refractivity (Wildman–Crippen MR) is 107 cm³/mol. The average molecular weight is 406 g/mol. The van der Waals surface area contributed by atoms with E-state index in [1.165, 1.54) is 13.2 Å². The van der Waals surface area contributed by atoms with Gasteiger partial charge < -0.3 is 9.47 Å². The third kappa shape index (κ3) is 2.42. The van der Waals surface area contributed by atoms with Crippen LogP contribution in [0.4, 0.5) is 0 Å². The topological polar surface area (TPSA) is 73.0 Å². The van der Waals surface area contributed by atoms with E-state index in [4.69, 9.17) is 9.47 Å². The summed E-state index contributed by atoms with van der Waals surface area (Å²) in [6.45, 7) is 0. The van der Waals surface area contributed by atoms with Crippen LogP contribution in [-0.2, 0) is 14.6 Å². The largest absolute Gasteiger partial charge is 0.496 e. The number of methoxy groups -OCH3 is 1. The number of ether oxygens (including phenoxy) is 2. The number of ketones is 1. The minimum absolute atomic E-state index is 0.0544. The second-order valence-corrected chi connectivity index (χ2v) is 9.20. The summed E-state index contributed by atoms with van der Waals surface area (Å²) in [5.74, 6) is 0.248. The summed E-state index contributed by atoms with van der Waals surface area (Å²) in [6.07, 6.45) is -0.709. The molecule has 29 heavy (non-hydrogen) atoms. The van der Waals surface area contributed by atoms with Crippen LogP contribution in [0.3, 0.4) is 0 Å². The van der Waals surface area contributed by atoms with Gasteiger partial charge in [0.15, 0.2) is 15.4 Å². The Kier molecular flexibility index (Phi) is 3.91. The average Bonchev–Trinajstić information content (AvgIpc) is 3.48. The summed E-state index contributed by atoms with van der Waals surface area (Å²) in [5.41, 5.74) is -0.132. The Morgan fingerprint density at radius 3 is 2.31 bits per heavy atom. The Balaban J connectivity index is 1.77. The number of hydrogen-bond donors (Lipinski definition) is 0. The van der Waals surface area contributed by atoms with Gasteiger partial charge in [0.05, 0.1) is 12.0 Å². The molecule has 0 amide bonds. The molecule has 0 bridgehead atoms. The molecule has 146 valence electrons. The molecule has 3 aromatic carbocycles. The normalized spacial score (nSPS) is 26.7. The molecular weight excluding hydrogens is 388 g/mol. The molecule has 6 heteroatoms. The molecule has 3 aromatic rings. The molecule has 0 aliphatic carbocycles. The van der Waals surface area contributed by atoms with Crippen molar-refractivity contribution in [3.8, 4) is 5.75 Å². The first kappa shape index (κ1) is 18.1. The Bertz CT molecular complexity index is 1220. The van der Waals surface area contributed by atoms with Gasteiger partial charge in [0.2, 0.25) is 5.78 Å². The molecule has 5 nitrogen and oxygen atoms in total. The number of epoxide rings is 1. The minimum atomic E-state index is -3.86. The first-order valence-electron chi connectivity index (χ1n) is 9.25. The van der Waals surface area contributed by atoms with Gasteiger partial charge in [-0.1, -0.05) is 60.7 Å². The predicted octanol–water partition coefficient (Wildman–Crippen LogP) is 3.92. The van der Waals surface area contributed by atoms with E-state index in [9.17, 15) is 13.2 Å². The number of fused-ring (bicyclic) bond motifs is 1.